The quantitative estimate of drug-likeness (QED) is 0.516. The number of hydrogen-bond donors (Lipinski definition) is 1. The average Bonchev–Trinajstić information content (AvgIpc) is 2.20. The van der Waals surface area contributed by atoms with Gasteiger partial charge in [-0.3, -0.25) is 9.69 Å². The van der Waals surface area contributed by atoms with Gasteiger partial charge in [-0.2, -0.15) is 0 Å². The number of carbonyl (C=O) groups is 1. The van der Waals surface area contributed by atoms with E-state index in [0.29, 0.717) is 0 Å². The molecular formula is C11H18N2O2. The molecule has 1 aliphatic heterocycles. The van der Waals surface area contributed by atoms with Crippen LogP contribution in [0.15, 0.2) is 0 Å². The maximum absolute atomic E-state index is 10.5. The fourth-order valence-corrected chi connectivity index (χ4v) is 1.77. The Hall–Kier alpha value is -1.05. The molecule has 4 heteroatoms. The summed E-state index contributed by atoms with van der Waals surface area (Å²) >= 11 is 0. The maximum atomic E-state index is 10.5. The van der Waals surface area contributed by atoms with Crippen LogP contribution in [0, 0.1) is 12.3 Å². The standard InChI is InChI=1S/C11H18N2O2/c1-2-3-4-5-12-6-8-13(9-7-12)10-11(14)15/h1H,3-10H2,(H,14,15). The number of unbranched alkanes of at least 4 members (excludes halogenated alkanes) is 1. The van der Waals surface area contributed by atoms with Crippen LogP contribution in [0.4, 0.5) is 0 Å². The molecule has 1 saturated heterocycles. The van der Waals surface area contributed by atoms with Crippen molar-refractivity contribution in [3.63, 3.8) is 0 Å². The lowest BCUT2D eigenvalue weighted by atomic mass is 10.2. The lowest BCUT2D eigenvalue weighted by Gasteiger charge is -2.33. The van der Waals surface area contributed by atoms with Crippen LogP contribution >= 0.6 is 0 Å². The summed E-state index contributed by atoms with van der Waals surface area (Å²) in [6.45, 7) is 4.81. The van der Waals surface area contributed by atoms with Crippen molar-refractivity contribution in [2.75, 3.05) is 39.3 Å². The van der Waals surface area contributed by atoms with E-state index in [4.69, 9.17) is 11.5 Å². The molecule has 0 unspecified atom stereocenters. The van der Waals surface area contributed by atoms with Crippen LogP contribution in [-0.2, 0) is 4.79 Å². The molecule has 0 aliphatic carbocycles. The molecule has 1 rings (SSSR count). The fraction of sp³-hybridized carbons (Fsp3) is 0.727. The van der Waals surface area contributed by atoms with Crippen molar-refractivity contribution in [2.24, 2.45) is 0 Å². The number of nitrogens with zero attached hydrogens (tertiary/aromatic N) is 2. The SMILES string of the molecule is C#CCCCN1CCN(CC(=O)O)CC1. The smallest absolute Gasteiger partial charge is 0.317 e. The van der Waals surface area contributed by atoms with Crippen LogP contribution < -0.4 is 0 Å². The van der Waals surface area contributed by atoms with Gasteiger partial charge in [0.2, 0.25) is 0 Å². The highest BCUT2D eigenvalue weighted by Crippen LogP contribution is 2.02. The monoisotopic (exact) mass is 210 g/mol. The van der Waals surface area contributed by atoms with Crippen LogP contribution in [0.2, 0.25) is 0 Å². The predicted octanol–water partition coefficient (Wildman–Crippen LogP) is 0.102. The Bertz CT molecular complexity index is 239. The van der Waals surface area contributed by atoms with Crippen molar-refractivity contribution >= 4 is 5.97 Å². The number of rotatable bonds is 5. The molecule has 0 amide bonds. The first-order valence-electron chi connectivity index (χ1n) is 5.32. The number of carboxylic acid groups (broad SMARTS) is 1. The summed E-state index contributed by atoms with van der Waals surface area (Å²) in [5, 5.41) is 8.63. The number of hydrogen-bond acceptors (Lipinski definition) is 3. The number of terminal acetylenes is 1. The van der Waals surface area contributed by atoms with Gasteiger partial charge < -0.3 is 10.0 Å². The van der Waals surface area contributed by atoms with Gasteiger partial charge in [-0.1, -0.05) is 0 Å². The highest BCUT2D eigenvalue weighted by Gasteiger charge is 2.17. The molecule has 0 saturated carbocycles. The van der Waals surface area contributed by atoms with Crippen LogP contribution in [0.3, 0.4) is 0 Å². The molecule has 84 valence electrons. The highest BCUT2D eigenvalue weighted by atomic mass is 16.4. The van der Waals surface area contributed by atoms with Crippen molar-refractivity contribution in [2.45, 2.75) is 12.8 Å². The molecule has 1 fully saturated rings. The van der Waals surface area contributed by atoms with E-state index in [1.165, 1.54) is 0 Å². The number of piperazine rings is 1. The second-order valence-corrected chi connectivity index (χ2v) is 3.82. The van der Waals surface area contributed by atoms with Crippen LogP contribution in [0.5, 0.6) is 0 Å². The zero-order valence-electron chi connectivity index (χ0n) is 8.98. The lowest BCUT2D eigenvalue weighted by molar-refractivity contribution is -0.138. The normalized spacial score (nSPS) is 18.6. The van der Waals surface area contributed by atoms with Crippen molar-refractivity contribution in [3.05, 3.63) is 0 Å². The van der Waals surface area contributed by atoms with Gasteiger partial charge in [0, 0.05) is 32.6 Å². The first-order chi connectivity index (χ1) is 7.22. The summed E-state index contributed by atoms with van der Waals surface area (Å²) in [4.78, 5) is 14.8. The Morgan fingerprint density at radius 3 is 2.40 bits per heavy atom. The molecule has 0 bridgehead atoms. The van der Waals surface area contributed by atoms with E-state index in [1.807, 2.05) is 4.90 Å². The third-order valence-corrected chi connectivity index (χ3v) is 2.62. The maximum Gasteiger partial charge on any atom is 0.317 e. The Morgan fingerprint density at radius 1 is 1.27 bits per heavy atom. The third-order valence-electron chi connectivity index (χ3n) is 2.62. The Morgan fingerprint density at radius 2 is 1.87 bits per heavy atom. The van der Waals surface area contributed by atoms with Gasteiger partial charge in [-0.15, -0.1) is 12.3 Å². The van der Waals surface area contributed by atoms with Crippen molar-refractivity contribution in [1.82, 2.24) is 9.80 Å². The van der Waals surface area contributed by atoms with Crippen LogP contribution in [-0.4, -0.2) is 60.1 Å². The number of carboxylic acids is 1. The van der Waals surface area contributed by atoms with E-state index in [0.717, 1.165) is 45.6 Å². The highest BCUT2D eigenvalue weighted by molar-refractivity contribution is 5.69. The summed E-state index contributed by atoms with van der Waals surface area (Å²) in [5.41, 5.74) is 0. The largest absolute Gasteiger partial charge is 0.480 e. The van der Waals surface area contributed by atoms with E-state index in [-0.39, 0.29) is 6.54 Å². The topological polar surface area (TPSA) is 43.8 Å². The molecule has 4 nitrogen and oxygen atoms in total. The van der Waals surface area contributed by atoms with Crippen molar-refractivity contribution in [1.29, 1.82) is 0 Å². The Kier molecular flexibility index (Phi) is 5.16. The molecule has 0 radical (unpaired) electrons. The van der Waals surface area contributed by atoms with Crippen LogP contribution in [0.25, 0.3) is 0 Å². The van der Waals surface area contributed by atoms with Crippen molar-refractivity contribution < 1.29 is 9.90 Å². The molecule has 0 aromatic carbocycles. The number of aliphatic carboxylic acids is 1. The summed E-state index contributed by atoms with van der Waals surface area (Å²) in [5.74, 6) is 1.89. The zero-order chi connectivity index (χ0) is 11.1. The molecular weight excluding hydrogens is 192 g/mol. The molecule has 1 aliphatic rings. The second kappa shape index (κ2) is 6.44. The summed E-state index contributed by atoms with van der Waals surface area (Å²) < 4.78 is 0. The average molecular weight is 210 g/mol. The summed E-state index contributed by atoms with van der Waals surface area (Å²) in [6, 6.07) is 0. The minimum atomic E-state index is -0.740. The van der Waals surface area contributed by atoms with Crippen molar-refractivity contribution in [3.8, 4) is 12.3 Å². The van der Waals surface area contributed by atoms with E-state index in [1.54, 1.807) is 0 Å². The van der Waals surface area contributed by atoms with Crippen LogP contribution in [0.1, 0.15) is 12.8 Å². The Labute approximate surface area is 90.9 Å². The molecule has 0 spiro atoms. The van der Waals surface area contributed by atoms with Gasteiger partial charge in [0.25, 0.3) is 0 Å². The molecule has 0 aromatic rings. The van der Waals surface area contributed by atoms with E-state index in [9.17, 15) is 4.79 Å². The molecule has 0 atom stereocenters. The third kappa shape index (κ3) is 4.82. The Balaban J connectivity index is 2.13. The summed E-state index contributed by atoms with van der Waals surface area (Å²) in [7, 11) is 0. The van der Waals surface area contributed by atoms with E-state index in [2.05, 4.69) is 10.8 Å². The second-order valence-electron chi connectivity index (χ2n) is 3.82. The fourth-order valence-electron chi connectivity index (χ4n) is 1.77. The van der Waals surface area contributed by atoms with Gasteiger partial charge in [0.05, 0.1) is 6.54 Å². The lowest BCUT2D eigenvalue weighted by Crippen LogP contribution is -2.48. The van der Waals surface area contributed by atoms with Gasteiger partial charge in [-0.25, -0.2) is 0 Å². The van der Waals surface area contributed by atoms with Gasteiger partial charge in [0.15, 0.2) is 0 Å². The molecule has 1 N–H and O–H groups in total. The van der Waals surface area contributed by atoms with Gasteiger partial charge in [0.1, 0.15) is 0 Å². The zero-order valence-corrected chi connectivity index (χ0v) is 8.98. The summed E-state index contributed by atoms with van der Waals surface area (Å²) in [6.07, 6.45) is 7.04. The molecule has 0 aromatic heterocycles. The van der Waals surface area contributed by atoms with E-state index >= 15 is 0 Å². The molecule has 15 heavy (non-hydrogen) atoms. The minimum Gasteiger partial charge on any atom is -0.480 e. The molecule has 1 heterocycles. The van der Waals surface area contributed by atoms with Gasteiger partial charge in [-0.05, 0) is 13.0 Å². The van der Waals surface area contributed by atoms with Gasteiger partial charge >= 0.3 is 5.97 Å². The first kappa shape index (κ1) is 12.0. The minimum absolute atomic E-state index is 0.165. The van der Waals surface area contributed by atoms with E-state index < -0.39 is 5.97 Å². The first-order valence-corrected chi connectivity index (χ1v) is 5.32. The predicted molar refractivity (Wildman–Crippen MR) is 58.6 cm³/mol.